The zero-order valence-electron chi connectivity index (χ0n) is 20.7. The summed E-state index contributed by atoms with van der Waals surface area (Å²) in [7, 11) is 2.09. The third-order valence-corrected chi connectivity index (χ3v) is 5.95. The van der Waals surface area contributed by atoms with E-state index in [0.29, 0.717) is 18.2 Å². The molecule has 1 atom stereocenters. The first-order valence-electron chi connectivity index (χ1n) is 11.8. The van der Waals surface area contributed by atoms with Crippen LogP contribution >= 0.6 is 0 Å². The van der Waals surface area contributed by atoms with Gasteiger partial charge in [0, 0.05) is 49.2 Å². The van der Waals surface area contributed by atoms with Crippen LogP contribution in [-0.4, -0.2) is 59.2 Å². The maximum Gasteiger partial charge on any atom is 0.490 e. The molecule has 0 spiro atoms. The van der Waals surface area contributed by atoms with Crippen LogP contribution in [0.5, 0.6) is 0 Å². The van der Waals surface area contributed by atoms with Crippen molar-refractivity contribution in [3.63, 3.8) is 0 Å². The van der Waals surface area contributed by atoms with Crippen molar-refractivity contribution in [2.24, 2.45) is 0 Å². The number of amides is 1. The Morgan fingerprint density at radius 1 is 1.11 bits per heavy atom. The summed E-state index contributed by atoms with van der Waals surface area (Å²) < 4.78 is 45.3. The number of halogens is 4. The zero-order valence-corrected chi connectivity index (χ0v) is 20.7. The number of nitrogens with one attached hydrogen (secondary N) is 1. The van der Waals surface area contributed by atoms with E-state index in [4.69, 9.17) is 9.90 Å². The van der Waals surface area contributed by atoms with Gasteiger partial charge in [-0.05, 0) is 55.8 Å². The van der Waals surface area contributed by atoms with E-state index < -0.39 is 12.1 Å². The highest BCUT2D eigenvalue weighted by Gasteiger charge is 2.38. The quantitative estimate of drug-likeness (QED) is 0.424. The van der Waals surface area contributed by atoms with E-state index >= 15 is 0 Å². The van der Waals surface area contributed by atoms with E-state index in [0.717, 1.165) is 43.0 Å². The van der Waals surface area contributed by atoms with Crippen LogP contribution in [0.4, 0.5) is 29.1 Å². The first-order chi connectivity index (χ1) is 18.0. The minimum Gasteiger partial charge on any atom is -0.475 e. The molecule has 1 fully saturated rings. The predicted octanol–water partition coefficient (Wildman–Crippen LogP) is 5.21. The van der Waals surface area contributed by atoms with Crippen LogP contribution in [0.2, 0.25) is 0 Å². The highest BCUT2D eigenvalue weighted by Crippen LogP contribution is 2.24. The molecule has 2 aromatic carbocycles. The molecule has 7 nitrogen and oxygen atoms in total. The van der Waals surface area contributed by atoms with Gasteiger partial charge < -0.3 is 15.3 Å². The van der Waals surface area contributed by atoms with Gasteiger partial charge in [-0.3, -0.25) is 9.69 Å². The lowest BCUT2D eigenvalue weighted by molar-refractivity contribution is -0.192. The first kappa shape index (κ1) is 28.6. The third kappa shape index (κ3) is 8.55. The number of hydrogen-bond acceptors (Lipinski definition) is 5. The van der Waals surface area contributed by atoms with Crippen molar-refractivity contribution in [1.29, 1.82) is 0 Å². The summed E-state index contributed by atoms with van der Waals surface area (Å²) in [4.78, 5) is 30.4. The number of pyridine rings is 1. The summed E-state index contributed by atoms with van der Waals surface area (Å²) in [6.45, 7) is 2.47. The number of rotatable bonds is 6. The summed E-state index contributed by atoms with van der Waals surface area (Å²) in [6, 6.07) is 20.0. The molecule has 38 heavy (non-hydrogen) atoms. The van der Waals surface area contributed by atoms with Crippen LogP contribution in [0.3, 0.4) is 0 Å². The first-order valence-corrected chi connectivity index (χ1v) is 11.8. The molecule has 11 heteroatoms. The Labute approximate surface area is 217 Å². The van der Waals surface area contributed by atoms with Gasteiger partial charge in [-0.2, -0.15) is 13.2 Å². The number of aliphatic carboxylic acids is 1. The van der Waals surface area contributed by atoms with Crippen molar-refractivity contribution in [2.75, 3.05) is 30.4 Å². The van der Waals surface area contributed by atoms with Gasteiger partial charge in [0.25, 0.3) is 5.91 Å². The Balaban J connectivity index is 0.000000505. The lowest BCUT2D eigenvalue weighted by Crippen LogP contribution is -2.46. The fourth-order valence-corrected chi connectivity index (χ4v) is 4.04. The minimum absolute atomic E-state index is 0.135. The number of piperidine rings is 1. The molecule has 2 N–H and O–H groups in total. The van der Waals surface area contributed by atoms with Crippen molar-refractivity contribution in [1.82, 2.24) is 9.88 Å². The summed E-state index contributed by atoms with van der Waals surface area (Å²) >= 11 is 0. The number of carboxylic acid groups (broad SMARTS) is 1. The predicted molar refractivity (Wildman–Crippen MR) is 135 cm³/mol. The number of nitrogens with zero attached hydrogens (tertiary/aromatic N) is 3. The van der Waals surface area contributed by atoms with E-state index in [2.05, 4.69) is 27.1 Å². The highest BCUT2D eigenvalue weighted by atomic mass is 19.4. The average molecular weight is 533 g/mol. The normalized spacial score (nSPS) is 15.4. The second kappa shape index (κ2) is 13.0. The van der Waals surface area contributed by atoms with Crippen LogP contribution in [0.25, 0.3) is 0 Å². The van der Waals surface area contributed by atoms with Gasteiger partial charge in [0.05, 0.1) is 0 Å². The van der Waals surface area contributed by atoms with Gasteiger partial charge >= 0.3 is 12.1 Å². The van der Waals surface area contributed by atoms with Crippen LogP contribution in [0.1, 0.15) is 28.8 Å². The van der Waals surface area contributed by atoms with Crippen LogP contribution in [0, 0.1) is 5.82 Å². The van der Waals surface area contributed by atoms with E-state index in [1.807, 2.05) is 36.4 Å². The van der Waals surface area contributed by atoms with Crippen LogP contribution in [0.15, 0.2) is 72.9 Å². The molecule has 0 radical (unpaired) electrons. The second-order valence-electron chi connectivity index (χ2n) is 8.81. The Morgan fingerprint density at radius 2 is 1.82 bits per heavy atom. The molecule has 0 saturated carbocycles. The Kier molecular flexibility index (Phi) is 9.78. The van der Waals surface area contributed by atoms with Gasteiger partial charge in [-0.15, -0.1) is 0 Å². The Bertz CT molecular complexity index is 1220. The molecule has 0 bridgehead atoms. The summed E-state index contributed by atoms with van der Waals surface area (Å²) in [5.74, 6) is -2.24. The maximum absolute atomic E-state index is 13.5. The largest absolute Gasteiger partial charge is 0.490 e. The Morgan fingerprint density at radius 3 is 2.47 bits per heavy atom. The van der Waals surface area contributed by atoms with Crippen molar-refractivity contribution >= 4 is 23.4 Å². The molecular weight excluding hydrogens is 504 g/mol. The SMILES string of the molecule is CN(Cc1cccc(F)c1)C1CCCN(c2cc(NC(=O)c3ccccc3)ccn2)C1.O=C(O)C(F)(F)F. The molecule has 1 unspecified atom stereocenters. The molecule has 1 amide bonds. The monoisotopic (exact) mass is 532 g/mol. The van der Waals surface area contributed by atoms with Gasteiger partial charge in [0.1, 0.15) is 11.6 Å². The molecule has 1 aliphatic rings. The number of hydrogen-bond donors (Lipinski definition) is 2. The van der Waals surface area contributed by atoms with E-state index in [9.17, 15) is 22.4 Å². The molecule has 4 rings (SSSR count). The van der Waals surface area contributed by atoms with E-state index in [1.54, 1.807) is 30.5 Å². The van der Waals surface area contributed by atoms with E-state index in [-0.39, 0.29) is 11.7 Å². The smallest absolute Gasteiger partial charge is 0.475 e. The molecule has 3 aromatic rings. The van der Waals surface area contributed by atoms with Crippen LogP contribution in [-0.2, 0) is 11.3 Å². The average Bonchev–Trinajstić information content (AvgIpc) is 2.89. The van der Waals surface area contributed by atoms with Crippen LogP contribution < -0.4 is 10.2 Å². The fraction of sp³-hybridized carbons (Fsp3) is 0.296. The lowest BCUT2D eigenvalue weighted by Gasteiger charge is -2.38. The number of carboxylic acids is 1. The van der Waals surface area contributed by atoms with Gasteiger partial charge in [-0.1, -0.05) is 30.3 Å². The topological polar surface area (TPSA) is 85.8 Å². The second-order valence-corrected chi connectivity index (χ2v) is 8.81. The number of aromatic nitrogens is 1. The molecule has 202 valence electrons. The van der Waals surface area contributed by atoms with Crippen molar-refractivity contribution in [3.05, 3.63) is 89.9 Å². The maximum atomic E-state index is 13.5. The number of anilines is 2. The lowest BCUT2D eigenvalue weighted by atomic mass is 10.0. The number of alkyl halides is 3. The molecular formula is C27H28F4N4O3. The number of carbonyl (C=O) groups excluding carboxylic acids is 1. The Hall–Kier alpha value is -3.99. The molecule has 2 heterocycles. The third-order valence-electron chi connectivity index (χ3n) is 5.95. The standard InChI is InChI=1S/C25H27FN4O.C2HF3O2/c1-29(17-19-7-5-10-21(26)15-19)23-11-6-14-30(18-23)24-16-22(12-13-27-24)28-25(31)20-8-3-2-4-9-20;3-2(4,5)1(6)7/h2-5,7-10,12-13,15-16,23H,6,11,14,17-18H2,1H3,(H,27,28,31);(H,6,7). The zero-order chi connectivity index (χ0) is 27.7. The molecule has 0 aliphatic carbocycles. The summed E-state index contributed by atoms with van der Waals surface area (Å²) in [6.07, 6.45) is -1.21. The van der Waals surface area contributed by atoms with Crippen molar-refractivity contribution in [3.8, 4) is 0 Å². The number of carbonyl (C=O) groups is 2. The van der Waals surface area contributed by atoms with Gasteiger partial charge in [-0.25, -0.2) is 14.2 Å². The number of likely N-dealkylation sites (N-methyl/N-ethyl adjacent to an activating group) is 1. The van der Waals surface area contributed by atoms with Gasteiger partial charge in [0.2, 0.25) is 0 Å². The van der Waals surface area contributed by atoms with Gasteiger partial charge in [0.15, 0.2) is 0 Å². The minimum atomic E-state index is -5.08. The fourth-order valence-electron chi connectivity index (χ4n) is 4.04. The van der Waals surface area contributed by atoms with Crippen molar-refractivity contribution < 1.29 is 32.3 Å². The summed E-state index contributed by atoms with van der Waals surface area (Å²) in [5.41, 5.74) is 2.33. The molecule has 1 aliphatic heterocycles. The molecule has 1 saturated heterocycles. The highest BCUT2D eigenvalue weighted by molar-refractivity contribution is 6.04. The number of benzene rings is 2. The molecule has 1 aromatic heterocycles. The van der Waals surface area contributed by atoms with E-state index in [1.165, 1.54) is 6.07 Å². The van der Waals surface area contributed by atoms with Crippen molar-refractivity contribution in [2.45, 2.75) is 31.6 Å². The summed E-state index contributed by atoms with van der Waals surface area (Å²) in [5, 5.41) is 10.1.